The van der Waals surface area contributed by atoms with Crippen LogP contribution in [0.4, 0.5) is 0 Å². The molecule has 3 aromatic heterocycles. The van der Waals surface area contributed by atoms with Gasteiger partial charge in [-0.25, -0.2) is 9.78 Å². The largest absolute Gasteiger partial charge is 0.481 e. The predicted octanol–water partition coefficient (Wildman–Crippen LogP) is 6.62. The van der Waals surface area contributed by atoms with E-state index in [1.165, 1.54) is 7.11 Å². The first kappa shape index (κ1) is 31.4. The average Bonchev–Trinajstić information content (AvgIpc) is 3.67. The molecule has 5 rings (SSSR count). The summed E-state index contributed by atoms with van der Waals surface area (Å²) in [4.78, 5) is 54.2. The Hall–Kier alpha value is -4.99. The number of nitrogens with zero attached hydrogens (tertiary/aromatic N) is 2. The molecule has 2 aliphatic heterocycles. The Balaban J connectivity index is 2.04. The maximum atomic E-state index is 13.3. The minimum absolute atomic E-state index is 0.132. The van der Waals surface area contributed by atoms with Crippen LogP contribution in [0.3, 0.4) is 0 Å². The number of aromatic nitrogens is 4. The van der Waals surface area contributed by atoms with E-state index in [0.717, 1.165) is 50.7 Å². The number of esters is 1. The molecule has 0 amide bonds. The summed E-state index contributed by atoms with van der Waals surface area (Å²) in [5, 5.41) is 19.7. The third-order valence-corrected chi connectivity index (χ3v) is 9.12. The smallest absolute Gasteiger partial charge is 0.340 e. The van der Waals surface area contributed by atoms with Gasteiger partial charge in [-0.2, -0.15) is 0 Å². The number of hydrogen-bond donors (Lipinski definition) is 4. The zero-order chi connectivity index (χ0) is 32.7. The van der Waals surface area contributed by atoms with Crippen LogP contribution < -0.4 is 0 Å². The first-order valence-corrected chi connectivity index (χ1v) is 15.0. The minimum atomic E-state index is -1.12. The number of carbonyl (C=O) groups excluding carboxylic acids is 1. The molecule has 8 bridgehead atoms. The van der Waals surface area contributed by atoms with E-state index in [1.54, 1.807) is 6.92 Å². The molecule has 10 heteroatoms. The van der Waals surface area contributed by atoms with Gasteiger partial charge in [0.1, 0.15) is 0 Å². The summed E-state index contributed by atoms with van der Waals surface area (Å²) in [6, 6.07) is 5.87. The van der Waals surface area contributed by atoms with Crippen LogP contribution in [0.1, 0.15) is 96.0 Å². The fourth-order valence-electron chi connectivity index (χ4n) is 6.62. The number of fused-ring (bicyclic) bond motifs is 8. The summed E-state index contributed by atoms with van der Waals surface area (Å²) < 4.78 is 5.16. The third-order valence-electron chi connectivity index (χ3n) is 9.12. The highest BCUT2D eigenvalue weighted by Crippen LogP contribution is 2.44. The zero-order valence-electron chi connectivity index (χ0n) is 26.4. The lowest BCUT2D eigenvalue weighted by molar-refractivity contribution is -0.138. The fourth-order valence-corrected chi connectivity index (χ4v) is 6.62. The number of rotatable bonds is 8. The molecular weight excluding hydrogens is 572 g/mol. The normalized spacial score (nSPS) is 16.1. The number of allylic oxidation sites excluding steroid dienone is 1. The van der Waals surface area contributed by atoms with Gasteiger partial charge in [-0.05, 0) is 74.1 Å². The van der Waals surface area contributed by atoms with Crippen LogP contribution in [0.15, 0.2) is 24.8 Å². The summed E-state index contributed by atoms with van der Waals surface area (Å²) in [6.07, 6.45) is 2.19. The van der Waals surface area contributed by atoms with Gasteiger partial charge in [-0.15, -0.1) is 0 Å². The lowest BCUT2D eigenvalue weighted by Gasteiger charge is -2.17. The van der Waals surface area contributed by atoms with Crippen LogP contribution in [0.2, 0.25) is 0 Å². The maximum absolute atomic E-state index is 13.3. The molecule has 45 heavy (non-hydrogen) atoms. The second kappa shape index (κ2) is 12.2. The van der Waals surface area contributed by atoms with Crippen molar-refractivity contribution in [3.05, 3.63) is 75.4 Å². The molecule has 3 aromatic rings. The summed E-state index contributed by atoms with van der Waals surface area (Å²) in [7, 11) is 1.27. The van der Waals surface area contributed by atoms with Crippen LogP contribution in [0, 0.1) is 13.8 Å². The van der Waals surface area contributed by atoms with Gasteiger partial charge in [0.25, 0.3) is 0 Å². The lowest BCUT2D eigenvalue weighted by Crippen LogP contribution is -2.13. The van der Waals surface area contributed by atoms with Crippen molar-refractivity contribution in [2.24, 2.45) is 0 Å². The second-order valence-corrected chi connectivity index (χ2v) is 11.7. The van der Waals surface area contributed by atoms with Gasteiger partial charge in [0.15, 0.2) is 0 Å². The Kier molecular flexibility index (Phi) is 8.51. The molecule has 5 heterocycles. The molecule has 2 atom stereocenters. The molecule has 0 fully saturated rings. The van der Waals surface area contributed by atoms with Crippen molar-refractivity contribution in [3.63, 3.8) is 0 Å². The summed E-state index contributed by atoms with van der Waals surface area (Å²) in [5.41, 5.74) is 10.3. The average molecular weight is 611 g/mol. The van der Waals surface area contributed by atoms with Gasteiger partial charge >= 0.3 is 17.9 Å². The van der Waals surface area contributed by atoms with Crippen molar-refractivity contribution in [2.45, 2.75) is 72.1 Å². The molecular formula is C35H38N4O6. The van der Waals surface area contributed by atoms with Crippen molar-refractivity contribution in [1.29, 1.82) is 0 Å². The quantitative estimate of drug-likeness (QED) is 0.207. The molecule has 0 aromatic carbocycles. The van der Waals surface area contributed by atoms with E-state index >= 15 is 0 Å². The van der Waals surface area contributed by atoms with Gasteiger partial charge in [-0.1, -0.05) is 26.5 Å². The summed E-state index contributed by atoms with van der Waals surface area (Å²) in [5.74, 6) is -3.40. The Morgan fingerprint density at radius 3 is 2.27 bits per heavy atom. The number of carbonyl (C=O) groups is 3. The fraction of sp³-hybridized carbons (Fsp3) is 0.343. The standard InChI is InChI=1S/C35H38N4O6/c1-8-20-16(3)24-13-26-18(5)22(10-11-30(40)41)33(38-26)23(12-31(42)43)34-32(35(44)45-7)19(6)27(39-34)15-29-21(9-2)17(4)25(37-29)14-28(20)36-24/h8,13-15,18,22,36-37H,1,9-12H2,2-7H3,(H,40,41)(H,42,43)/t18-,22-/m0/s1. The van der Waals surface area contributed by atoms with Crippen LogP contribution in [-0.4, -0.2) is 55.2 Å². The summed E-state index contributed by atoms with van der Waals surface area (Å²) >= 11 is 0. The molecule has 4 N–H and O–H groups in total. The van der Waals surface area contributed by atoms with E-state index in [0.29, 0.717) is 22.7 Å². The Morgan fingerprint density at radius 2 is 1.64 bits per heavy atom. The SMILES string of the molecule is C=Cc1c(C)c2cc3nc(c(CC(=O)O)c4nc(cc5[nH]c(cc1[nH]2)c(C)c5CC)C(C)=C4C(=O)OC)[C@@H](CCC(=O)O)[C@@H]3C. The van der Waals surface area contributed by atoms with Gasteiger partial charge in [-0.3, -0.25) is 14.6 Å². The van der Waals surface area contributed by atoms with Gasteiger partial charge in [0.05, 0.1) is 36.2 Å². The number of nitrogens with one attached hydrogen (secondary N) is 2. The number of carboxylic acid groups (broad SMARTS) is 2. The van der Waals surface area contributed by atoms with Crippen molar-refractivity contribution in [3.8, 4) is 0 Å². The highest BCUT2D eigenvalue weighted by molar-refractivity contribution is 6.25. The predicted molar refractivity (Wildman–Crippen MR) is 174 cm³/mol. The van der Waals surface area contributed by atoms with Crippen molar-refractivity contribution >= 4 is 57.2 Å². The molecule has 0 saturated heterocycles. The first-order chi connectivity index (χ1) is 21.4. The Bertz CT molecular complexity index is 1960. The second-order valence-electron chi connectivity index (χ2n) is 11.7. The van der Waals surface area contributed by atoms with Crippen molar-refractivity contribution in [2.75, 3.05) is 7.11 Å². The van der Waals surface area contributed by atoms with Crippen LogP contribution in [0.25, 0.3) is 39.3 Å². The minimum Gasteiger partial charge on any atom is -0.481 e. The van der Waals surface area contributed by atoms with Crippen molar-refractivity contribution in [1.82, 2.24) is 19.9 Å². The number of carboxylic acids is 2. The number of H-pyrrole nitrogens is 2. The van der Waals surface area contributed by atoms with Crippen molar-refractivity contribution < 1.29 is 29.3 Å². The summed E-state index contributed by atoms with van der Waals surface area (Å²) in [6.45, 7) is 13.9. The van der Waals surface area contributed by atoms with Gasteiger partial charge < -0.3 is 24.9 Å². The zero-order valence-corrected chi connectivity index (χ0v) is 26.4. The van der Waals surface area contributed by atoms with E-state index in [1.807, 2.05) is 32.1 Å². The van der Waals surface area contributed by atoms with Crippen LogP contribution >= 0.6 is 0 Å². The van der Waals surface area contributed by atoms with Gasteiger partial charge in [0, 0.05) is 57.1 Å². The van der Waals surface area contributed by atoms with E-state index in [4.69, 9.17) is 14.7 Å². The monoisotopic (exact) mass is 610 g/mol. The molecule has 0 saturated carbocycles. The molecule has 234 valence electrons. The number of ether oxygens (including phenoxy) is 1. The molecule has 0 aliphatic carbocycles. The third kappa shape index (κ3) is 5.56. The molecule has 10 nitrogen and oxygen atoms in total. The maximum Gasteiger partial charge on any atom is 0.340 e. The number of aliphatic carboxylic acids is 2. The number of methoxy groups -OCH3 is 1. The highest BCUT2D eigenvalue weighted by Gasteiger charge is 2.35. The van der Waals surface area contributed by atoms with Crippen LogP contribution in [0.5, 0.6) is 0 Å². The number of hydrogen-bond acceptors (Lipinski definition) is 6. The number of aromatic amines is 2. The Labute approximate surface area is 260 Å². The first-order valence-electron chi connectivity index (χ1n) is 15.0. The molecule has 0 unspecified atom stereocenters. The Morgan fingerprint density at radius 1 is 0.956 bits per heavy atom. The highest BCUT2D eigenvalue weighted by atomic mass is 16.5. The van der Waals surface area contributed by atoms with E-state index < -0.39 is 30.2 Å². The molecule has 2 aliphatic rings. The number of aryl methyl sites for hydroxylation is 3. The molecule has 0 radical (unpaired) electrons. The molecule has 0 spiro atoms. The van der Waals surface area contributed by atoms with E-state index in [2.05, 4.69) is 36.5 Å². The topological polar surface area (TPSA) is 158 Å². The van der Waals surface area contributed by atoms with E-state index in [-0.39, 0.29) is 35.6 Å². The lowest BCUT2D eigenvalue weighted by atomic mass is 9.84. The van der Waals surface area contributed by atoms with Gasteiger partial charge in [0.2, 0.25) is 0 Å². The van der Waals surface area contributed by atoms with E-state index in [9.17, 15) is 24.6 Å². The van der Waals surface area contributed by atoms with Crippen LogP contribution in [-0.2, 0) is 32.0 Å².